The van der Waals surface area contributed by atoms with E-state index < -0.39 is 11.8 Å². The molecule has 2 aliphatic rings. The number of thioether (sulfide) groups is 1. The normalized spacial score (nSPS) is 20.6. The van der Waals surface area contributed by atoms with Gasteiger partial charge >= 0.3 is 0 Å². The van der Waals surface area contributed by atoms with E-state index in [1.807, 2.05) is 24.3 Å². The van der Waals surface area contributed by atoms with Gasteiger partial charge in [0.15, 0.2) is 10.9 Å². The van der Waals surface area contributed by atoms with Gasteiger partial charge in [0.1, 0.15) is 11.7 Å². The summed E-state index contributed by atoms with van der Waals surface area (Å²) in [6.07, 6.45) is 3.41. The molecule has 0 radical (unpaired) electrons. The number of nitrogens with zero attached hydrogens (tertiary/aromatic N) is 3. The van der Waals surface area contributed by atoms with E-state index >= 15 is 0 Å². The van der Waals surface area contributed by atoms with Gasteiger partial charge in [0.25, 0.3) is 0 Å². The predicted octanol–water partition coefficient (Wildman–Crippen LogP) is 4.90. The Balaban J connectivity index is 1.36. The van der Waals surface area contributed by atoms with Gasteiger partial charge in [-0.3, -0.25) is 9.59 Å². The zero-order valence-electron chi connectivity index (χ0n) is 16.9. The first kappa shape index (κ1) is 20.7. The molecule has 7 nitrogen and oxygen atoms in total. The number of allylic oxidation sites excluding steroid dienone is 2. The number of hydrogen-bond acceptors (Lipinski definition) is 8. The Morgan fingerprint density at radius 2 is 2.16 bits per heavy atom. The van der Waals surface area contributed by atoms with Crippen molar-refractivity contribution in [2.75, 3.05) is 11.1 Å². The number of benzene rings is 1. The standard InChI is InChI=1S/C23H18N4O3S2/c24-11-13-20(17-8-4-10-30-17)21-15(6-3-7-16(21)28)25-22(13)31-12-19(29)27-23-26-14-5-1-2-9-18(14)32-23/h1-2,4-5,8-10,13,20H,3,6-7,12H2,(H,26,27,29). The first-order valence-electron chi connectivity index (χ1n) is 10.2. The van der Waals surface area contributed by atoms with E-state index in [9.17, 15) is 14.9 Å². The topological polar surface area (TPSA) is 108 Å². The average Bonchev–Trinajstić information content (AvgIpc) is 3.46. The van der Waals surface area contributed by atoms with Crippen LogP contribution in [-0.2, 0) is 9.59 Å². The van der Waals surface area contributed by atoms with Crippen molar-refractivity contribution in [1.82, 2.24) is 4.98 Å². The molecular weight excluding hydrogens is 444 g/mol. The highest BCUT2D eigenvalue weighted by molar-refractivity contribution is 8.14. The molecule has 3 heterocycles. The molecule has 2 atom stereocenters. The number of aliphatic imine (C=N–C) groups is 1. The molecule has 0 spiro atoms. The zero-order chi connectivity index (χ0) is 22.1. The number of ketones is 1. The van der Waals surface area contributed by atoms with Gasteiger partial charge in [-0.1, -0.05) is 35.2 Å². The van der Waals surface area contributed by atoms with E-state index in [2.05, 4.69) is 21.4 Å². The van der Waals surface area contributed by atoms with Crippen molar-refractivity contribution in [3.8, 4) is 6.07 Å². The first-order chi connectivity index (χ1) is 15.6. The van der Waals surface area contributed by atoms with Crippen LogP contribution < -0.4 is 5.32 Å². The van der Waals surface area contributed by atoms with Crippen LogP contribution in [0.5, 0.6) is 0 Å². The molecule has 0 bridgehead atoms. The Kier molecular flexibility index (Phi) is 5.64. The van der Waals surface area contributed by atoms with Gasteiger partial charge in [-0.25, -0.2) is 9.98 Å². The van der Waals surface area contributed by atoms with Crippen molar-refractivity contribution in [3.63, 3.8) is 0 Å². The number of hydrogen-bond donors (Lipinski definition) is 1. The molecule has 1 N–H and O–H groups in total. The number of carbonyl (C=O) groups is 2. The summed E-state index contributed by atoms with van der Waals surface area (Å²) in [4.78, 5) is 34.4. The van der Waals surface area contributed by atoms with E-state index in [-0.39, 0.29) is 17.4 Å². The molecular formula is C23H18N4O3S2. The minimum Gasteiger partial charge on any atom is -0.469 e. The van der Waals surface area contributed by atoms with Crippen LogP contribution >= 0.6 is 23.1 Å². The molecule has 9 heteroatoms. The van der Waals surface area contributed by atoms with Crippen LogP contribution in [0.3, 0.4) is 0 Å². The minimum atomic E-state index is -0.679. The van der Waals surface area contributed by atoms with Gasteiger partial charge in [-0.2, -0.15) is 5.26 Å². The summed E-state index contributed by atoms with van der Waals surface area (Å²) >= 11 is 2.64. The maximum absolute atomic E-state index is 12.7. The maximum Gasteiger partial charge on any atom is 0.236 e. The lowest BCUT2D eigenvalue weighted by Crippen LogP contribution is -2.31. The number of para-hydroxylation sites is 1. The molecule has 3 aromatic rings. The van der Waals surface area contributed by atoms with Crippen LogP contribution in [-0.4, -0.2) is 27.5 Å². The number of aromatic nitrogens is 1. The van der Waals surface area contributed by atoms with E-state index in [0.29, 0.717) is 40.0 Å². The van der Waals surface area contributed by atoms with Gasteiger partial charge in [0, 0.05) is 17.7 Å². The lowest BCUT2D eigenvalue weighted by Gasteiger charge is -2.31. The number of rotatable bonds is 4. The summed E-state index contributed by atoms with van der Waals surface area (Å²) in [6, 6.07) is 13.5. The highest BCUT2D eigenvalue weighted by atomic mass is 32.2. The number of Topliss-reactive ketones (excluding diaryl/α,β-unsaturated/α-hetero) is 1. The third-order valence-electron chi connectivity index (χ3n) is 5.46. The third kappa shape index (κ3) is 3.87. The predicted molar refractivity (Wildman–Crippen MR) is 125 cm³/mol. The van der Waals surface area contributed by atoms with Crippen molar-refractivity contribution >= 4 is 55.2 Å². The second-order valence-corrected chi connectivity index (χ2v) is 9.54. The molecule has 0 fully saturated rings. The monoisotopic (exact) mass is 462 g/mol. The van der Waals surface area contributed by atoms with Crippen LogP contribution in [0.4, 0.5) is 5.13 Å². The van der Waals surface area contributed by atoms with Crippen LogP contribution in [0.2, 0.25) is 0 Å². The van der Waals surface area contributed by atoms with E-state index in [1.165, 1.54) is 23.1 Å². The number of anilines is 1. The minimum absolute atomic E-state index is 0.0225. The average molecular weight is 463 g/mol. The number of fused-ring (bicyclic) bond motifs is 1. The third-order valence-corrected chi connectivity index (χ3v) is 7.46. The Labute approximate surface area is 192 Å². The fourth-order valence-corrected chi connectivity index (χ4v) is 5.85. The molecule has 1 aromatic carbocycles. The summed E-state index contributed by atoms with van der Waals surface area (Å²) in [7, 11) is 0. The van der Waals surface area contributed by atoms with Crippen LogP contribution in [0.15, 0.2) is 63.3 Å². The smallest absolute Gasteiger partial charge is 0.236 e. The first-order valence-corrected chi connectivity index (χ1v) is 12.0. The highest BCUT2D eigenvalue weighted by Gasteiger charge is 2.42. The van der Waals surface area contributed by atoms with E-state index in [1.54, 1.807) is 18.4 Å². The van der Waals surface area contributed by atoms with Gasteiger partial charge in [-0.15, -0.1) is 0 Å². The summed E-state index contributed by atoms with van der Waals surface area (Å²) in [6.45, 7) is 0. The highest BCUT2D eigenvalue weighted by Crippen LogP contribution is 2.44. The molecule has 32 heavy (non-hydrogen) atoms. The fourth-order valence-electron chi connectivity index (χ4n) is 4.07. The van der Waals surface area contributed by atoms with Gasteiger partial charge in [0.2, 0.25) is 5.91 Å². The second kappa shape index (κ2) is 8.73. The van der Waals surface area contributed by atoms with Crippen LogP contribution in [0.25, 0.3) is 10.2 Å². The van der Waals surface area contributed by atoms with Crippen LogP contribution in [0, 0.1) is 17.2 Å². The number of carbonyl (C=O) groups excluding carboxylic acids is 2. The largest absolute Gasteiger partial charge is 0.469 e. The van der Waals surface area contributed by atoms with Gasteiger partial charge in [0.05, 0.1) is 39.3 Å². The maximum atomic E-state index is 12.7. The number of thiazole rings is 1. The van der Waals surface area contributed by atoms with Crippen molar-refractivity contribution in [1.29, 1.82) is 5.26 Å². The molecule has 2 aromatic heterocycles. The second-order valence-electron chi connectivity index (χ2n) is 7.51. The molecule has 5 rings (SSSR count). The van der Waals surface area contributed by atoms with Gasteiger partial charge in [-0.05, 0) is 37.1 Å². The van der Waals surface area contributed by atoms with Crippen LogP contribution in [0.1, 0.15) is 30.9 Å². The lowest BCUT2D eigenvalue weighted by atomic mass is 9.76. The number of nitrogens with one attached hydrogen (secondary N) is 1. The molecule has 0 saturated heterocycles. The molecule has 0 saturated carbocycles. The quantitative estimate of drug-likeness (QED) is 0.590. The van der Waals surface area contributed by atoms with E-state index in [0.717, 1.165) is 16.6 Å². The number of furan rings is 1. The molecule has 160 valence electrons. The van der Waals surface area contributed by atoms with Crippen molar-refractivity contribution in [3.05, 3.63) is 59.7 Å². The van der Waals surface area contributed by atoms with Gasteiger partial charge < -0.3 is 9.73 Å². The SMILES string of the molecule is N#CC1C(SCC(=O)Nc2nc3ccccc3s2)=NC2=C(C(=O)CCC2)C1c1ccco1. The molecule has 1 amide bonds. The Morgan fingerprint density at radius 3 is 2.94 bits per heavy atom. The summed E-state index contributed by atoms with van der Waals surface area (Å²) < 4.78 is 6.60. The summed E-state index contributed by atoms with van der Waals surface area (Å²) in [5.74, 6) is -0.704. The van der Waals surface area contributed by atoms with Crippen molar-refractivity contribution in [2.45, 2.75) is 25.2 Å². The number of nitriles is 1. The summed E-state index contributed by atoms with van der Waals surface area (Å²) in [5.41, 5.74) is 2.13. The van der Waals surface area contributed by atoms with E-state index in [4.69, 9.17) is 4.42 Å². The summed E-state index contributed by atoms with van der Waals surface area (Å²) in [5, 5.41) is 13.9. The lowest BCUT2D eigenvalue weighted by molar-refractivity contribution is -0.116. The number of amides is 1. The molecule has 1 aliphatic carbocycles. The Morgan fingerprint density at radius 1 is 1.28 bits per heavy atom. The Bertz CT molecular complexity index is 1270. The molecule has 2 unspecified atom stereocenters. The van der Waals surface area contributed by atoms with Crippen molar-refractivity contribution in [2.24, 2.45) is 10.9 Å². The fraction of sp³-hybridized carbons (Fsp3) is 0.261. The van der Waals surface area contributed by atoms with Crippen molar-refractivity contribution < 1.29 is 14.0 Å². The zero-order valence-corrected chi connectivity index (χ0v) is 18.5. The Hall–Kier alpha value is -3.22. The molecule has 1 aliphatic heterocycles.